The van der Waals surface area contributed by atoms with E-state index in [1.807, 2.05) is 6.07 Å². The van der Waals surface area contributed by atoms with E-state index < -0.39 is 0 Å². The highest BCUT2D eigenvalue weighted by molar-refractivity contribution is 5.25. The zero-order valence-corrected chi connectivity index (χ0v) is 6.80. The van der Waals surface area contributed by atoms with Gasteiger partial charge in [-0.05, 0) is 24.5 Å². The molecule has 0 saturated heterocycles. The maximum Gasteiger partial charge on any atom is 0.123 e. The molecule has 0 aliphatic carbocycles. The van der Waals surface area contributed by atoms with Crippen molar-refractivity contribution in [2.24, 2.45) is 0 Å². The van der Waals surface area contributed by atoms with Crippen molar-refractivity contribution in [3.8, 4) is 5.75 Å². The fraction of sp³-hybridized carbons (Fsp3) is 0.400. The summed E-state index contributed by atoms with van der Waals surface area (Å²) in [5.74, 6) is 0.249. The first-order valence-corrected chi connectivity index (χ1v) is 4.02. The lowest BCUT2D eigenvalue weighted by atomic mass is 10.1. The Kier molecular flexibility index (Phi) is 2.96. The van der Waals surface area contributed by atoms with Crippen LogP contribution in [0.4, 0.5) is 0 Å². The van der Waals surface area contributed by atoms with Gasteiger partial charge in [0.1, 0.15) is 5.75 Å². The lowest BCUT2D eigenvalue weighted by molar-refractivity contribution is 0.473. The number of hydrogen-bond acceptors (Lipinski definition) is 1. The van der Waals surface area contributed by atoms with Gasteiger partial charge in [0.05, 0.1) is 0 Å². The van der Waals surface area contributed by atoms with Crippen LogP contribution in [0.3, 0.4) is 0 Å². The van der Waals surface area contributed by atoms with E-state index in [2.05, 4.69) is 13.0 Å². The quantitative estimate of drug-likeness (QED) is 0.700. The molecule has 59 valence electrons. The van der Waals surface area contributed by atoms with Crippen LogP contribution in [0.15, 0.2) is 18.2 Å². The molecule has 0 amide bonds. The second-order valence-corrected chi connectivity index (χ2v) is 2.69. The van der Waals surface area contributed by atoms with E-state index in [0.717, 1.165) is 6.42 Å². The van der Waals surface area contributed by atoms with Crippen molar-refractivity contribution < 1.29 is 5.11 Å². The average molecular weight is 149 g/mol. The van der Waals surface area contributed by atoms with E-state index in [1.165, 1.54) is 18.4 Å². The minimum Gasteiger partial charge on any atom is -0.507 e. The van der Waals surface area contributed by atoms with Gasteiger partial charge in [0.2, 0.25) is 0 Å². The first kappa shape index (κ1) is 8.12. The van der Waals surface area contributed by atoms with Crippen molar-refractivity contribution in [2.45, 2.75) is 26.2 Å². The van der Waals surface area contributed by atoms with E-state index in [9.17, 15) is 0 Å². The van der Waals surface area contributed by atoms with E-state index in [-0.39, 0.29) is 5.75 Å². The van der Waals surface area contributed by atoms with E-state index in [4.69, 9.17) is 5.11 Å². The summed E-state index contributed by atoms with van der Waals surface area (Å²) in [5, 5.41) is 9.06. The van der Waals surface area contributed by atoms with Crippen LogP contribution >= 0.6 is 0 Å². The Morgan fingerprint density at radius 3 is 3.00 bits per heavy atom. The van der Waals surface area contributed by atoms with Crippen LogP contribution in [0, 0.1) is 6.07 Å². The van der Waals surface area contributed by atoms with Gasteiger partial charge in [0.15, 0.2) is 0 Å². The van der Waals surface area contributed by atoms with E-state index in [0.29, 0.717) is 0 Å². The molecule has 0 aromatic heterocycles. The number of aryl methyl sites for hydroxylation is 1. The Balaban J connectivity index is 2.56. The van der Waals surface area contributed by atoms with Crippen LogP contribution in [0.1, 0.15) is 25.3 Å². The van der Waals surface area contributed by atoms with Gasteiger partial charge in [0, 0.05) is 6.07 Å². The maximum atomic E-state index is 9.06. The maximum absolute atomic E-state index is 9.06. The summed E-state index contributed by atoms with van der Waals surface area (Å²) in [7, 11) is 0. The summed E-state index contributed by atoms with van der Waals surface area (Å²) in [6.45, 7) is 2.16. The summed E-state index contributed by atoms with van der Waals surface area (Å²) in [4.78, 5) is 0. The highest BCUT2D eigenvalue weighted by Gasteiger charge is 1.92. The summed E-state index contributed by atoms with van der Waals surface area (Å²) >= 11 is 0. The zero-order valence-electron chi connectivity index (χ0n) is 6.80. The van der Waals surface area contributed by atoms with Crippen LogP contribution in [0.5, 0.6) is 5.75 Å². The Hall–Kier alpha value is -0.980. The molecule has 0 unspecified atom stereocenters. The van der Waals surface area contributed by atoms with Crippen LogP contribution in [-0.2, 0) is 6.42 Å². The Bertz CT molecular complexity index is 218. The third-order valence-corrected chi connectivity index (χ3v) is 1.67. The predicted molar refractivity (Wildman–Crippen MR) is 45.6 cm³/mol. The van der Waals surface area contributed by atoms with Crippen LogP contribution in [-0.4, -0.2) is 5.11 Å². The fourth-order valence-corrected chi connectivity index (χ4v) is 1.04. The Morgan fingerprint density at radius 1 is 1.55 bits per heavy atom. The molecule has 1 radical (unpaired) electrons. The van der Waals surface area contributed by atoms with Crippen molar-refractivity contribution in [1.82, 2.24) is 0 Å². The van der Waals surface area contributed by atoms with Gasteiger partial charge in [-0.25, -0.2) is 0 Å². The SMILES string of the molecule is CCCCc1cc[c]c(O)c1. The smallest absolute Gasteiger partial charge is 0.123 e. The largest absolute Gasteiger partial charge is 0.507 e. The lowest BCUT2D eigenvalue weighted by Crippen LogP contribution is -1.82. The van der Waals surface area contributed by atoms with Gasteiger partial charge < -0.3 is 5.11 Å². The molecule has 11 heavy (non-hydrogen) atoms. The van der Waals surface area contributed by atoms with Crippen LogP contribution < -0.4 is 0 Å². The molecule has 0 bridgehead atoms. The molecule has 0 aliphatic rings. The van der Waals surface area contributed by atoms with Crippen LogP contribution in [0.25, 0.3) is 0 Å². The number of phenolic OH excluding ortho intramolecular Hbond substituents is 1. The van der Waals surface area contributed by atoms with Crippen molar-refractivity contribution in [3.63, 3.8) is 0 Å². The Morgan fingerprint density at radius 2 is 2.36 bits per heavy atom. The molecule has 1 nitrogen and oxygen atoms in total. The molecule has 1 heteroatoms. The number of phenols is 1. The monoisotopic (exact) mass is 149 g/mol. The number of benzene rings is 1. The molecule has 0 saturated carbocycles. The molecule has 0 heterocycles. The molecule has 0 fully saturated rings. The van der Waals surface area contributed by atoms with Gasteiger partial charge >= 0.3 is 0 Å². The number of rotatable bonds is 3. The lowest BCUT2D eigenvalue weighted by Gasteiger charge is -1.98. The number of unbranched alkanes of at least 4 members (excludes halogenated alkanes) is 1. The molecule has 0 atom stereocenters. The van der Waals surface area contributed by atoms with Gasteiger partial charge in [-0.15, -0.1) is 0 Å². The number of aromatic hydroxyl groups is 1. The highest BCUT2D eigenvalue weighted by Crippen LogP contribution is 2.11. The van der Waals surface area contributed by atoms with Crippen molar-refractivity contribution >= 4 is 0 Å². The zero-order chi connectivity index (χ0) is 8.10. The molecule has 0 spiro atoms. The van der Waals surface area contributed by atoms with Gasteiger partial charge in [-0.2, -0.15) is 0 Å². The van der Waals surface area contributed by atoms with Crippen molar-refractivity contribution in [3.05, 3.63) is 29.8 Å². The van der Waals surface area contributed by atoms with Crippen LogP contribution in [0.2, 0.25) is 0 Å². The molecular weight excluding hydrogens is 136 g/mol. The third-order valence-electron chi connectivity index (χ3n) is 1.67. The molecule has 1 aromatic rings. The topological polar surface area (TPSA) is 20.2 Å². The summed E-state index contributed by atoms with van der Waals surface area (Å²) in [6.07, 6.45) is 3.43. The van der Waals surface area contributed by atoms with Gasteiger partial charge in [0.25, 0.3) is 0 Å². The minimum absolute atomic E-state index is 0.249. The molecule has 0 aliphatic heterocycles. The third kappa shape index (κ3) is 2.62. The summed E-state index contributed by atoms with van der Waals surface area (Å²) in [5.41, 5.74) is 1.20. The first-order chi connectivity index (χ1) is 5.33. The van der Waals surface area contributed by atoms with Crippen molar-refractivity contribution in [2.75, 3.05) is 0 Å². The van der Waals surface area contributed by atoms with Gasteiger partial charge in [-0.3, -0.25) is 0 Å². The minimum atomic E-state index is 0.249. The number of hydrogen-bond donors (Lipinski definition) is 1. The normalized spacial score (nSPS) is 9.91. The molecule has 1 aromatic carbocycles. The van der Waals surface area contributed by atoms with Gasteiger partial charge in [-0.1, -0.05) is 25.5 Å². The second-order valence-electron chi connectivity index (χ2n) is 2.69. The molecule has 1 N–H and O–H groups in total. The second kappa shape index (κ2) is 4.02. The van der Waals surface area contributed by atoms with E-state index in [1.54, 1.807) is 12.1 Å². The standard InChI is InChI=1S/C10H13O/c1-2-3-5-9-6-4-7-10(11)8-9/h4,6,8,11H,2-3,5H2,1H3. The predicted octanol–water partition coefficient (Wildman–Crippen LogP) is 2.53. The fourth-order valence-electron chi connectivity index (χ4n) is 1.04. The summed E-state index contributed by atoms with van der Waals surface area (Å²) in [6, 6.07) is 8.24. The highest BCUT2D eigenvalue weighted by atomic mass is 16.3. The van der Waals surface area contributed by atoms with E-state index >= 15 is 0 Å². The Labute approximate surface area is 67.7 Å². The average Bonchev–Trinajstić information content (AvgIpc) is 2.01. The summed E-state index contributed by atoms with van der Waals surface area (Å²) < 4.78 is 0. The first-order valence-electron chi connectivity index (χ1n) is 4.02. The molecular formula is C10H13O. The van der Waals surface area contributed by atoms with Crippen molar-refractivity contribution in [1.29, 1.82) is 0 Å². The molecule has 1 rings (SSSR count).